The summed E-state index contributed by atoms with van der Waals surface area (Å²) in [5, 5.41) is 2.82. The number of rotatable bonds is 11. The smallest absolute Gasteiger partial charge is 0.306 e. The molecule has 1 amide bonds. The van der Waals surface area contributed by atoms with Crippen molar-refractivity contribution in [3.63, 3.8) is 0 Å². The Bertz CT molecular complexity index is 1080. The highest BCUT2D eigenvalue weighted by atomic mass is 32.2. The molecule has 3 rings (SSSR count). The third-order valence-corrected chi connectivity index (χ3v) is 5.67. The van der Waals surface area contributed by atoms with Crippen molar-refractivity contribution in [3.05, 3.63) is 84.4 Å². The first kappa shape index (κ1) is 24.1. The lowest BCUT2D eigenvalue weighted by Gasteiger charge is -2.07. The molecule has 170 valence electrons. The highest BCUT2D eigenvalue weighted by Crippen LogP contribution is 2.28. The van der Waals surface area contributed by atoms with Gasteiger partial charge in [0.1, 0.15) is 5.75 Å². The average Bonchev–Trinajstić information content (AvgIpc) is 2.84. The van der Waals surface area contributed by atoms with E-state index >= 15 is 0 Å². The quantitative estimate of drug-likeness (QED) is 0.304. The van der Waals surface area contributed by atoms with Crippen LogP contribution in [-0.4, -0.2) is 31.4 Å². The van der Waals surface area contributed by atoms with Crippen molar-refractivity contribution < 1.29 is 23.9 Å². The van der Waals surface area contributed by atoms with Crippen LogP contribution in [0.4, 0.5) is 5.69 Å². The van der Waals surface area contributed by atoms with E-state index in [2.05, 4.69) is 5.32 Å². The molecule has 0 atom stereocenters. The molecule has 0 unspecified atom stereocenters. The Balaban J connectivity index is 1.35. The van der Waals surface area contributed by atoms with Gasteiger partial charge in [0.15, 0.2) is 12.4 Å². The number of hydrogen-bond acceptors (Lipinski definition) is 6. The van der Waals surface area contributed by atoms with E-state index in [1.54, 1.807) is 36.0 Å². The number of anilines is 1. The molecule has 3 aromatic rings. The molecule has 0 heterocycles. The van der Waals surface area contributed by atoms with Crippen LogP contribution in [0.5, 0.6) is 5.75 Å². The molecule has 0 spiro atoms. The molecule has 0 radical (unpaired) electrons. The summed E-state index contributed by atoms with van der Waals surface area (Å²) in [6, 6.07) is 24.3. The van der Waals surface area contributed by atoms with E-state index in [1.807, 2.05) is 54.6 Å². The second-order valence-corrected chi connectivity index (χ2v) is 8.30. The van der Waals surface area contributed by atoms with Gasteiger partial charge in [0.05, 0.1) is 7.11 Å². The highest BCUT2D eigenvalue weighted by molar-refractivity contribution is 7.99. The van der Waals surface area contributed by atoms with Gasteiger partial charge in [-0.3, -0.25) is 14.4 Å². The zero-order chi connectivity index (χ0) is 23.5. The standard InChI is InChI=1S/C26H25NO5S/c1-31-21-8-5-7-19(17-21)24(28)18-32-26(30)12-6-11-25(29)27-20-13-15-23(16-14-20)33-22-9-3-2-4-10-22/h2-5,7-10,13-17H,6,11-12,18H2,1H3,(H,27,29). The van der Waals surface area contributed by atoms with Crippen LogP contribution in [0, 0.1) is 0 Å². The highest BCUT2D eigenvalue weighted by Gasteiger charge is 2.12. The third-order valence-electron chi connectivity index (χ3n) is 4.66. The van der Waals surface area contributed by atoms with Crippen LogP contribution in [0.1, 0.15) is 29.6 Å². The molecule has 0 fully saturated rings. The van der Waals surface area contributed by atoms with Gasteiger partial charge >= 0.3 is 5.97 Å². The molecule has 0 aliphatic rings. The van der Waals surface area contributed by atoms with Gasteiger partial charge < -0.3 is 14.8 Å². The maximum Gasteiger partial charge on any atom is 0.306 e. The zero-order valence-electron chi connectivity index (χ0n) is 18.3. The fraction of sp³-hybridized carbons (Fsp3) is 0.192. The summed E-state index contributed by atoms with van der Waals surface area (Å²) in [5.74, 6) is -0.447. The molecule has 0 saturated heterocycles. The summed E-state index contributed by atoms with van der Waals surface area (Å²) in [6.45, 7) is -0.342. The number of esters is 1. The number of methoxy groups -OCH3 is 1. The molecule has 0 saturated carbocycles. The first-order valence-electron chi connectivity index (χ1n) is 10.5. The van der Waals surface area contributed by atoms with Gasteiger partial charge in [-0.1, -0.05) is 42.1 Å². The first-order valence-corrected chi connectivity index (χ1v) is 11.3. The minimum atomic E-state index is -0.513. The summed E-state index contributed by atoms with van der Waals surface area (Å²) in [7, 11) is 1.51. The van der Waals surface area contributed by atoms with E-state index in [0.29, 0.717) is 23.4 Å². The minimum absolute atomic E-state index is 0.0610. The summed E-state index contributed by atoms with van der Waals surface area (Å²) < 4.78 is 10.1. The predicted octanol–water partition coefficient (Wildman–Crippen LogP) is 5.38. The van der Waals surface area contributed by atoms with Crippen LogP contribution in [0.25, 0.3) is 0 Å². The molecule has 6 nitrogen and oxygen atoms in total. The lowest BCUT2D eigenvalue weighted by molar-refractivity contribution is -0.142. The van der Waals surface area contributed by atoms with E-state index < -0.39 is 5.97 Å². The van der Waals surface area contributed by atoms with Gasteiger partial charge in [-0.2, -0.15) is 0 Å². The fourth-order valence-corrected chi connectivity index (χ4v) is 3.78. The molecule has 3 aromatic carbocycles. The van der Waals surface area contributed by atoms with Crippen molar-refractivity contribution in [1.29, 1.82) is 0 Å². The van der Waals surface area contributed by atoms with Crippen molar-refractivity contribution >= 4 is 35.1 Å². The van der Waals surface area contributed by atoms with Gasteiger partial charge in [0.25, 0.3) is 0 Å². The molecular formula is C26H25NO5S. The maximum absolute atomic E-state index is 12.1. The number of ketones is 1. The van der Waals surface area contributed by atoms with Gasteiger partial charge in [0, 0.05) is 33.9 Å². The second kappa shape index (κ2) is 12.5. The van der Waals surface area contributed by atoms with Crippen molar-refractivity contribution in [3.8, 4) is 5.75 Å². The van der Waals surface area contributed by atoms with E-state index in [0.717, 1.165) is 9.79 Å². The van der Waals surface area contributed by atoms with Crippen molar-refractivity contribution in [2.75, 3.05) is 19.0 Å². The van der Waals surface area contributed by atoms with Crippen LogP contribution in [0.15, 0.2) is 88.7 Å². The Morgan fingerprint density at radius 2 is 1.58 bits per heavy atom. The van der Waals surface area contributed by atoms with Gasteiger partial charge in [-0.15, -0.1) is 0 Å². The SMILES string of the molecule is COc1cccc(C(=O)COC(=O)CCCC(=O)Nc2ccc(Sc3ccccc3)cc2)c1. The van der Waals surface area contributed by atoms with Crippen LogP contribution in [-0.2, 0) is 14.3 Å². The van der Waals surface area contributed by atoms with Crippen LogP contribution in [0.3, 0.4) is 0 Å². The number of carbonyl (C=O) groups is 3. The topological polar surface area (TPSA) is 81.7 Å². The zero-order valence-corrected chi connectivity index (χ0v) is 19.1. The van der Waals surface area contributed by atoms with E-state index in [4.69, 9.17) is 9.47 Å². The van der Waals surface area contributed by atoms with Crippen molar-refractivity contribution in [2.24, 2.45) is 0 Å². The molecule has 1 N–H and O–H groups in total. The normalized spacial score (nSPS) is 10.3. The summed E-state index contributed by atoms with van der Waals surface area (Å²) >= 11 is 1.64. The van der Waals surface area contributed by atoms with E-state index in [9.17, 15) is 14.4 Å². The third kappa shape index (κ3) is 8.12. The lowest BCUT2D eigenvalue weighted by atomic mass is 10.1. The molecule has 0 aliphatic heterocycles. The average molecular weight is 464 g/mol. The molecule has 0 aromatic heterocycles. The number of nitrogens with one attached hydrogen (secondary N) is 1. The molecule has 0 bridgehead atoms. The van der Waals surface area contributed by atoms with E-state index in [1.165, 1.54) is 7.11 Å². The first-order chi connectivity index (χ1) is 16.0. The number of hydrogen-bond donors (Lipinski definition) is 1. The Kier molecular flexibility index (Phi) is 9.08. The molecule has 33 heavy (non-hydrogen) atoms. The van der Waals surface area contributed by atoms with Crippen LogP contribution < -0.4 is 10.1 Å². The van der Waals surface area contributed by atoms with Crippen molar-refractivity contribution in [1.82, 2.24) is 0 Å². The lowest BCUT2D eigenvalue weighted by Crippen LogP contribution is -2.15. The number of carbonyl (C=O) groups excluding carboxylic acids is 3. The van der Waals surface area contributed by atoms with Crippen molar-refractivity contribution in [2.45, 2.75) is 29.1 Å². The second-order valence-electron chi connectivity index (χ2n) is 7.16. The Morgan fingerprint density at radius 1 is 0.848 bits per heavy atom. The van der Waals surface area contributed by atoms with Gasteiger partial charge in [0.2, 0.25) is 5.91 Å². The van der Waals surface area contributed by atoms with E-state index in [-0.39, 0.29) is 31.1 Å². The Morgan fingerprint density at radius 3 is 2.30 bits per heavy atom. The molecule has 0 aliphatic carbocycles. The predicted molar refractivity (Wildman–Crippen MR) is 128 cm³/mol. The number of Topliss-reactive ketones (excluding diaryl/α,β-unsaturated/α-hetero) is 1. The summed E-state index contributed by atoms with van der Waals surface area (Å²) in [5.41, 5.74) is 1.11. The van der Waals surface area contributed by atoms with Gasteiger partial charge in [-0.25, -0.2) is 0 Å². The molecule has 7 heteroatoms. The number of benzene rings is 3. The minimum Gasteiger partial charge on any atom is -0.497 e. The number of amides is 1. The summed E-state index contributed by atoms with van der Waals surface area (Å²) in [6.07, 6.45) is 0.574. The fourth-order valence-electron chi connectivity index (χ4n) is 2.95. The van der Waals surface area contributed by atoms with Crippen LogP contribution >= 0.6 is 11.8 Å². The Hall–Kier alpha value is -3.58. The van der Waals surface area contributed by atoms with Crippen LogP contribution in [0.2, 0.25) is 0 Å². The maximum atomic E-state index is 12.1. The number of ether oxygens (including phenoxy) is 2. The summed E-state index contributed by atoms with van der Waals surface area (Å²) in [4.78, 5) is 38.4. The largest absolute Gasteiger partial charge is 0.497 e. The monoisotopic (exact) mass is 463 g/mol. The molecular weight excluding hydrogens is 438 g/mol. The van der Waals surface area contributed by atoms with Gasteiger partial charge in [-0.05, 0) is 55.0 Å². The Labute approximate surface area is 197 Å².